The maximum Gasteiger partial charge on any atom is 0.278 e. The Labute approximate surface area is 61.7 Å². The van der Waals surface area contributed by atoms with Crippen molar-refractivity contribution < 1.29 is 8.98 Å². The van der Waals surface area contributed by atoms with Crippen molar-refractivity contribution in [1.82, 2.24) is 4.72 Å². The molecule has 0 saturated heterocycles. The molecular weight excluding hydrogens is 162 g/mol. The molecule has 0 bridgehead atoms. The molecule has 0 aromatic rings. The van der Waals surface area contributed by atoms with Crippen molar-refractivity contribution in [1.29, 1.82) is 0 Å². The molecule has 0 saturated carbocycles. The van der Waals surface area contributed by atoms with E-state index >= 15 is 0 Å². The molecule has 0 radical (unpaired) electrons. The average molecular weight is 166 g/mol. The van der Waals surface area contributed by atoms with Gasteiger partial charge in [0.1, 0.15) is 10.8 Å². The van der Waals surface area contributed by atoms with E-state index < -0.39 is 0 Å². The third kappa shape index (κ3) is 1.31. The minimum absolute atomic E-state index is 0.119. The number of hydrogen-bond acceptors (Lipinski definition) is 3. The van der Waals surface area contributed by atoms with Crippen molar-refractivity contribution in [2.24, 2.45) is 0 Å². The summed E-state index contributed by atoms with van der Waals surface area (Å²) in [5.74, 6) is 0.149. The van der Waals surface area contributed by atoms with Crippen LogP contribution in [0, 0.1) is 0 Å². The molecule has 3 nitrogen and oxygen atoms in total. The number of amides is 1. The van der Waals surface area contributed by atoms with Crippen molar-refractivity contribution in [2.45, 2.75) is 6.92 Å². The number of carbonyl (C=O) groups excluding carboxylic acids is 1. The van der Waals surface area contributed by atoms with Crippen LogP contribution in [0.4, 0.5) is 0 Å². The number of hydrogen-bond donors (Lipinski definition) is 1. The van der Waals surface area contributed by atoms with Gasteiger partial charge in [-0.25, -0.2) is 0 Å². The normalized spacial score (nSPS) is 19.1. The zero-order valence-corrected chi connectivity index (χ0v) is 6.18. The number of carbonyl (C=O) groups is 1. The Kier molecular flexibility index (Phi) is 1.87. The highest BCUT2D eigenvalue weighted by atomic mass is 35.5. The van der Waals surface area contributed by atoms with Gasteiger partial charge in [0.15, 0.2) is 12.2 Å². The monoisotopic (exact) mass is 165 g/mol. The molecule has 9 heavy (non-hydrogen) atoms. The summed E-state index contributed by atoms with van der Waals surface area (Å²) in [6.07, 6.45) is 0. The second kappa shape index (κ2) is 2.49. The molecule has 50 valence electrons. The summed E-state index contributed by atoms with van der Waals surface area (Å²) < 4.78 is 7.12. The zero-order chi connectivity index (χ0) is 6.85. The van der Waals surface area contributed by atoms with E-state index in [0.29, 0.717) is 5.76 Å². The van der Waals surface area contributed by atoms with Gasteiger partial charge in [-0.2, -0.15) is 0 Å². The van der Waals surface area contributed by atoms with Crippen LogP contribution in [0.1, 0.15) is 6.92 Å². The fourth-order valence-corrected chi connectivity index (χ4v) is 0.978. The lowest BCUT2D eigenvalue weighted by Gasteiger charge is -2.11. The molecule has 1 rings (SSSR count). The minimum atomic E-state index is -0.301. The standard InChI is InChI=1S/C4H4ClNO2S/c1-2-3(5)4(7)6-9-8-2/h1H3,(H,6,7). The molecule has 1 heterocycles. The molecule has 1 amide bonds. The van der Waals surface area contributed by atoms with E-state index in [1.54, 1.807) is 6.92 Å². The van der Waals surface area contributed by atoms with Crippen molar-refractivity contribution >= 4 is 29.7 Å². The second-order valence-electron chi connectivity index (χ2n) is 1.47. The third-order valence-corrected chi connectivity index (χ3v) is 1.85. The summed E-state index contributed by atoms with van der Waals surface area (Å²) in [4.78, 5) is 10.6. The van der Waals surface area contributed by atoms with Gasteiger partial charge in [-0.05, 0) is 6.92 Å². The highest BCUT2D eigenvalue weighted by molar-refractivity contribution is 7.93. The fraction of sp³-hybridized carbons (Fsp3) is 0.250. The number of allylic oxidation sites excluding steroid dienone is 1. The van der Waals surface area contributed by atoms with E-state index in [0.717, 1.165) is 12.2 Å². The predicted molar refractivity (Wildman–Crippen MR) is 35.4 cm³/mol. The first-order valence-corrected chi connectivity index (χ1v) is 3.34. The molecule has 0 spiro atoms. The lowest BCUT2D eigenvalue weighted by Crippen LogP contribution is -2.20. The fourth-order valence-electron chi connectivity index (χ4n) is 0.362. The lowest BCUT2D eigenvalue weighted by molar-refractivity contribution is -0.115. The topological polar surface area (TPSA) is 38.3 Å². The Balaban J connectivity index is 2.84. The highest BCUT2D eigenvalue weighted by Gasteiger charge is 2.16. The smallest absolute Gasteiger partial charge is 0.278 e. The molecule has 0 atom stereocenters. The van der Waals surface area contributed by atoms with Gasteiger partial charge < -0.3 is 4.18 Å². The molecular formula is C4H4ClNO2S. The second-order valence-corrected chi connectivity index (χ2v) is 2.38. The van der Waals surface area contributed by atoms with Crippen LogP contribution in [0.2, 0.25) is 0 Å². The lowest BCUT2D eigenvalue weighted by atomic mass is 10.4. The Morgan fingerprint density at radius 2 is 2.44 bits per heavy atom. The first kappa shape index (κ1) is 6.77. The van der Waals surface area contributed by atoms with Crippen LogP contribution in [-0.4, -0.2) is 5.91 Å². The van der Waals surface area contributed by atoms with Gasteiger partial charge in [0.25, 0.3) is 5.91 Å². The van der Waals surface area contributed by atoms with Gasteiger partial charge in [0.2, 0.25) is 0 Å². The van der Waals surface area contributed by atoms with Crippen molar-refractivity contribution in [3.8, 4) is 0 Å². The Bertz CT molecular complexity index is 179. The Morgan fingerprint density at radius 3 is 2.89 bits per heavy atom. The first-order valence-electron chi connectivity index (χ1n) is 2.22. The Hall–Kier alpha value is -0.350. The molecule has 1 N–H and O–H groups in total. The van der Waals surface area contributed by atoms with Crippen LogP contribution in [0.5, 0.6) is 0 Å². The maximum atomic E-state index is 10.6. The molecule has 0 aliphatic carbocycles. The van der Waals surface area contributed by atoms with E-state index in [1.807, 2.05) is 0 Å². The summed E-state index contributed by atoms with van der Waals surface area (Å²) in [5.41, 5.74) is 0. The zero-order valence-electron chi connectivity index (χ0n) is 4.60. The van der Waals surface area contributed by atoms with Crippen LogP contribution in [-0.2, 0) is 8.98 Å². The van der Waals surface area contributed by atoms with E-state index in [9.17, 15) is 4.79 Å². The van der Waals surface area contributed by atoms with Crippen LogP contribution in [0.25, 0.3) is 0 Å². The summed E-state index contributed by atoms with van der Waals surface area (Å²) in [6.45, 7) is 1.63. The van der Waals surface area contributed by atoms with Gasteiger partial charge in [-0.3, -0.25) is 9.52 Å². The van der Waals surface area contributed by atoms with Gasteiger partial charge in [-0.1, -0.05) is 11.6 Å². The van der Waals surface area contributed by atoms with Gasteiger partial charge in [0.05, 0.1) is 0 Å². The van der Waals surface area contributed by atoms with Crippen molar-refractivity contribution in [3.63, 3.8) is 0 Å². The molecule has 1 aliphatic heterocycles. The number of rotatable bonds is 0. The summed E-state index contributed by atoms with van der Waals surface area (Å²) in [7, 11) is 0. The van der Waals surface area contributed by atoms with Crippen LogP contribution in [0.15, 0.2) is 10.8 Å². The first-order chi connectivity index (χ1) is 4.22. The van der Waals surface area contributed by atoms with Gasteiger partial charge in [-0.15, -0.1) is 0 Å². The predicted octanol–water partition coefficient (Wildman–Crippen LogP) is 1.17. The summed E-state index contributed by atoms with van der Waals surface area (Å²) in [5, 5.41) is 0.119. The highest BCUT2D eigenvalue weighted by Crippen LogP contribution is 2.20. The molecule has 1 aliphatic rings. The molecule has 0 unspecified atom stereocenters. The van der Waals surface area contributed by atoms with Crippen LogP contribution >= 0.6 is 23.8 Å². The maximum absolute atomic E-state index is 10.6. The molecule has 0 aromatic heterocycles. The van der Waals surface area contributed by atoms with Crippen LogP contribution in [0.3, 0.4) is 0 Å². The van der Waals surface area contributed by atoms with E-state index in [2.05, 4.69) is 4.72 Å². The number of halogens is 1. The van der Waals surface area contributed by atoms with E-state index in [4.69, 9.17) is 15.8 Å². The summed E-state index contributed by atoms with van der Waals surface area (Å²) >= 11 is 6.32. The average Bonchev–Trinajstić information content (AvgIpc) is 1.83. The van der Waals surface area contributed by atoms with Gasteiger partial charge in [0, 0.05) is 0 Å². The van der Waals surface area contributed by atoms with E-state index in [-0.39, 0.29) is 10.9 Å². The molecule has 0 fully saturated rings. The Morgan fingerprint density at radius 1 is 1.78 bits per heavy atom. The van der Waals surface area contributed by atoms with E-state index in [1.165, 1.54) is 0 Å². The molecule has 5 heteroatoms. The molecule has 0 aromatic carbocycles. The SMILES string of the molecule is CC1=C(Cl)C(=O)NSO1. The van der Waals surface area contributed by atoms with Crippen LogP contribution < -0.4 is 4.72 Å². The summed E-state index contributed by atoms with van der Waals surface area (Å²) in [6, 6.07) is 0. The van der Waals surface area contributed by atoms with Gasteiger partial charge >= 0.3 is 0 Å². The minimum Gasteiger partial charge on any atom is -0.408 e. The van der Waals surface area contributed by atoms with Crippen molar-refractivity contribution in [3.05, 3.63) is 10.8 Å². The third-order valence-electron chi connectivity index (χ3n) is 0.809. The number of nitrogens with one attached hydrogen (secondary N) is 1. The quantitative estimate of drug-likeness (QED) is 0.433. The van der Waals surface area contributed by atoms with Crippen molar-refractivity contribution in [2.75, 3.05) is 0 Å². The largest absolute Gasteiger partial charge is 0.408 e.